The molecule has 0 radical (unpaired) electrons. The lowest BCUT2D eigenvalue weighted by Gasteiger charge is -2.11. The van der Waals surface area contributed by atoms with Gasteiger partial charge in [0.2, 0.25) is 5.13 Å². The van der Waals surface area contributed by atoms with Gasteiger partial charge in [0.05, 0.1) is 18.7 Å². The summed E-state index contributed by atoms with van der Waals surface area (Å²) in [6.45, 7) is 0. The molecule has 0 unspecified atom stereocenters. The highest BCUT2D eigenvalue weighted by Crippen LogP contribution is 2.36. The normalized spacial score (nSPS) is 10.5. The smallest absolute Gasteiger partial charge is 0.203 e. The van der Waals surface area contributed by atoms with Crippen molar-refractivity contribution in [3.63, 3.8) is 0 Å². The van der Waals surface area contributed by atoms with E-state index in [1.165, 1.54) is 11.3 Å². The fourth-order valence-electron chi connectivity index (χ4n) is 1.45. The van der Waals surface area contributed by atoms with Crippen LogP contribution in [0.3, 0.4) is 0 Å². The molecule has 0 aliphatic carbocycles. The lowest BCUT2D eigenvalue weighted by atomic mass is 10.2. The topological polar surface area (TPSA) is 70.3 Å². The molecule has 1 heterocycles. The highest BCUT2D eigenvalue weighted by Gasteiger charge is 2.11. The zero-order valence-corrected chi connectivity index (χ0v) is 13.6. The van der Waals surface area contributed by atoms with Crippen molar-refractivity contribution in [2.75, 3.05) is 20.0 Å². The number of hydrogen-bond acceptors (Lipinski definition) is 7. The Morgan fingerprint density at radius 1 is 1.26 bits per heavy atom. The summed E-state index contributed by atoms with van der Waals surface area (Å²) in [6.07, 6.45) is 0. The van der Waals surface area contributed by atoms with E-state index in [1.54, 1.807) is 26.0 Å². The van der Waals surface area contributed by atoms with Crippen LogP contribution in [0.4, 0.5) is 5.13 Å². The standard InChI is InChI=1S/C11H12BrN3O2S2/c1-16-8-4-7(12)9(17-2)3-6(8)5-18-11-15-14-10(13)19-11/h3-4H,5H2,1-2H3,(H2,13,14). The number of thioether (sulfide) groups is 1. The summed E-state index contributed by atoms with van der Waals surface area (Å²) >= 11 is 6.37. The molecular weight excluding hydrogens is 350 g/mol. The zero-order chi connectivity index (χ0) is 13.8. The summed E-state index contributed by atoms with van der Waals surface area (Å²) in [5, 5.41) is 8.23. The molecule has 2 aromatic rings. The lowest BCUT2D eigenvalue weighted by Crippen LogP contribution is -1.93. The molecule has 0 saturated carbocycles. The van der Waals surface area contributed by atoms with Crippen LogP contribution in [0.15, 0.2) is 20.9 Å². The van der Waals surface area contributed by atoms with E-state index >= 15 is 0 Å². The molecule has 102 valence electrons. The van der Waals surface area contributed by atoms with E-state index in [0.717, 1.165) is 25.9 Å². The van der Waals surface area contributed by atoms with Gasteiger partial charge in [0, 0.05) is 11.3 Å². The Morgan fingerprint density at radius 2 is 2.00 bits per heavy atom. The summed E-state index contributed by atoms with van der Waals surface area (Å²) in [6, 6.07) is 3.84. The van der Waals surface area contributed by atoms with Crippen molar-refractivity contribution in [3.8, 4) is 11.5 Å². The number of ether oxygens (including phenoxy) is 2. The van der Waals surface area contributed by atoms with Crippen molar-refractivity contribution in [1.29, 1.82) is 0 Å². The predicted octanol–water partition coefficient (Wildman–Crippen LogP) is 3.19. The molecular formula is C11H12BrN3O2S2. The van der Waals surface area contributed by atoms with Crippen molar-refractivity contribution >= 4 is 44.2 Å². The van der Waals surface area contributed by atoms with Crippen LogP contribution in [-0.4, -0.2) is 24.4 Å². The molecule has 0 spiro atoms. The molecule has 0 aliphatic rings. The van der Waals surface area contributed by atoms with Gasteiger partial charge in [-0.25, -0.2) is 0 Å². The summed E-state index contributed by atoms with van der Waals surface area (Å²) in [4.78, 5) is 0. The van der Waals surface area contributed by atoms with Gasteiger partial charge in [0.1, 0.15) is 11.5 Å². The third-order valence-corrected chi connectivity index (χ3v) is 4.88. The van der Waals surface area contributed by atoms with Crippen LogP contribution in [0.1, 0.15) is 5.56 Å². The summed E-state index contributed by atoms with van der Waals surface area (Å²) in [7, 11) is 3.28. The summed E-state index contributed by atoms with van der Waals surface area (Å²) in [5.41, 5.74) is 6.58. The van der Waals surface area contributed by atoms with E-state index in [1.807, 2.05) is 12.1 Å². The van der Waals surface area contributed by atoms with E-state index in [4.69, 9.17) is 15.2 Å². The number of benzene rings is 1. The fraction of sp³-hybridized carbons (Fsp3) is 0.273. The van der Waals surface area contributed by atoms with Crippen LogP contribution in [0.25, 0.3) is 0 Å². The summed E-state index contributed by atoms with van der Waals surface area (Å²) in [5.74, 6) is 2.28. The molecule has 2 rings (SSSR count). The number of rotatable bonds is 5. The van der Waals surface area contributed by atoms with Gasteiger partial charge in [-0.2, -0.15) is 0 Å². The van der Waals surface area contributed by atoms with E-state index < -0.39 is 0 Å². The van der Waals surface area contributed by atoms with Crippen LogP contribution < -0.4 is 15.2 Å². The number of halogens is 1. The second-order valence-electron chi connectivity index (χ2n) is 3.49. The molecule has 5 nitrogen and oxygen atoms in total. The molecule has 0 atom stereocenters. The number of nitrogen functional groups attached to an aromatic ring is 1. The van der Waals surface area contributed by atoms with Crippen LogP contribution in [0, 0.1) is 0 Å². The highest BCUT2D eigenvalue weighted by atomic mass is 79.9. The first-order valence-electron chi connectivity index (χ1n) is 5.26. The number of nitrogens with zero attached hydrogens (tertiary/aromatic N) is 2. The van der Waals surface area contributed by atoms with Crippen LogP contribution in [0.5, 0.6) is 11.5 Å². The Morgan fingerprint density at radius 3 is 2.58 bits per heavy atom. The number of methoxy groups -OCH3 is 2. The third kappa shape index (κ3) is 3.52. The first-order valence-corrected chi connectivity index (χ1v) is 7.85. The number of aromatic nitrogens is 2. The molecule has 0 bridgehead atoms. The first-order chi connectivity index (χ1) is 9.13. The highest BCUT2D eigenvalue weighted by molar-refractivity contribution is 9.10. The van der Waals surface area contributed by atoms with Crippen LogP contribution >= 0.6 is 39.0 Å². The Hall–Kier alpha value is -0.990. The lowest BCUT2D eigenvalue weighted by molar-refractivity contribution is 0.398. The SMILES string of the molecule is COc1cc(CSc2nnc(N)s2)c(OC)cc1Br. The molecule has 0 fully saturated rings. The average Bonchev–Trinajstić information content (AvgIpc) is 2.82. The second kappa shape index (κ2) is 6.44. The average molecular weight is 362 g/mol. The van der Waals surface area contributed by atoms with Gasteiger partial charge in [-0.3, -0.25) is 0 Å². The molecule has 1 aromatic carbocycles. The molecule has 0 saturated heterocycles. The minimum atomic E-state index is 0.475. The van der Waals surface area contributed by atoms with Crippen LogP contribution in [-0.2, 0) is 5.75 Å². The molecule has 19 heavy (non-hydrogen) atoms. The maximum Gasteiger partial charge on any atom is 0.203 e. The van der Waals surface area contributed by atoms with Gasteiger partial charge >= 0.3 is 0 Å². The first kappa shape index (κ1) is 14.4. The second-order valence-corrected chi connectivity index (χ2v) is 6.58. The fourth-order valence-corrected chi connectivity index (χ4v) is 3.55. The quantitative estimate of drug-likeness (QED) is 0.824. The maximum atomic E-state index is 5.55. The maximum absolute atomic E-state index is 5.55. The van der Waals surface area contributed by atoms with Gasteiger partial charge < -0.3 is 15.2 Å². The van der Waals surface area contributed by atoms with Gasteiger partial charge in [-0.1, -0.05) is 23.1 Å². The van der Waals surface area contributed by atoms with Crippen molar-refractivity contribution in [2.24, 2.45) is 0 Å². The molecule has 8 heteroatoms. The van der Waals surface area contributed by atoms with Gasteiger partial charge in [0.15, 0.2) is 4.34 Å². The molecule has 0 aliphatic heterocycles. The van der Waals surface area contributed by atoms with E-state index in [2.05, 4.69) is 26.1 Å². The monoisotopic (exact) mass is 361 g/mol. The predicted molar refractivity (Wildman–Crippen MR) is 81.1 cm³/mol. The summed E-state index contributed by atoms with van der Waals surface area (Å²) < 4.78 is 12.3. The van der Waals surface area contributed by atoms with E-state index in [-0.39, 0.29) is 0 Å². The zero-order valence-electron chi connectivity index (χ0n) is 10.3. The Bertz CT molecular complexity index is 577. The Balaban J connectivity index is 2.18. The number of anilines is 1. The van der Waals surface area contributed by atoms with E-state index in [0.29, 0.717) is 10.9 Å². The third-order valence-electron chi connectivity index (χ3n) is 2.33. The van der Waals surface area contributed by atoms with Gasteiger partial charge in [-0.15, -0.1) is 10.2 Å². The molecule has 2 N–H and O–H groups in total. The van der Waals surface area contributed by atoms with Gasteiger partial charge in [0.25, 0.3) is 0 Å². The minimum Gasteiger partial charge on any atom is -0.496 e. The number of nitrogens with two attached hydrogens (primary N) is 1. The van der Waals surface area contributed by atoms with Crippen molar-refractivity contribution in [3.05, 3.63) is 22.2 Å². The molecule has 0 amide bonds. The van der Waals surface area contributed by atoms with Crippen molar-refractivity contribution in [2.45, 2.75) is 10.1 Å². The minimum absolute atomic E-state index is 0.475. The molecule has 1 aromatic heterocycles. The van der Waals surface area contributed by atoms with Crippen molar-refractivity contribution < 1.29 is 9.47 Å². The van der Waals surface area contributed by atoms with Crippen molar-refractivity contribution in [1.82, 2.24) is 10.2 Å². The Kier molecular flexibility index (Phi) is 4.89. The Labute approximate surface area is 127 Å². The van der Waals surface area contributed by atoms with Crippen LogP contribution in [0.2, 0.25) is 0 Å². The van der Waals surface area contributed by atoms with Gasteiger partial charge in [-0.05, 0) is 28.1 Å². The van der Waals surface area contributed by atoms with E-state index in [9.17, 15) is 0 Å². The largest absolute Gasteiger partial charge is 0.496 e. The number of hydrogen-bond donors (Lipinski definition) is 1.